The minimum absolute atomic E-state index is 0.0840. The summed E-state index contributed by atoms with van der Waals surface area (Å²) in [4.78, 5) is 14.3. The number of nitrogens with zero attached hydrogens (tertiary/aromatic N) is 4. The van der Waals surface area contributed by atoms with Crippen molar-refractivity contribution in [1.82, 2.24) is 19.7 Å². The first-order valence-corrected chi connectivity index (χ1v) is 8.63. The van der Waals surface area contributed by atoms with E-state index in [4.69, 9.17) is 4.74 Å². The molecule has 1 amide bonds. The lowest BCUT2D eigenvalue weighted by atomic mass is 10.2. The molecule has 0 spiro atoms. The van der Waals surface area contributed by atoms with Crippen LogP contribution in [0.3, 0.4) is 0 Å². The summed E-state index contributed by atoms with van der Waals surface area (Å²) in [5, 5.41) is 8.80. The molecule has 23 heavy (non-hydrogen) atoms. The van der Waals surface area contributed by atoms with Crippen LogP contribution in [0.5, 0.6) is 0 Å². The molecule has 1 aromatic carbocycles. The van der Waals surface area contributed by atoms with Gasteiger partial charge in [0.15, 0.2) is 5.16 Å². The number of rotatable bonds is 4. The zero-order chi connectivity index (χ0) is 16.2. The van der Waals surface area contributed by atoms with Crippen molar-refractivity contribution >= 4 is 17.7 Å². The maximum absolute atomic E-state index is 12.4. The van der Waals surface area contributed by atoms with Gasteiger partial charge in [-0.3, -0.25) is 9.36 Å². The second-order valence-corrected chi connectivity index (χ2v) is 6.61. The van der Waals surface area contributed by atoms with Crippen molar-refractivity contribution < 1.29 is 9.53 Å². The zero-order valence-corrected chi connectivity index (χ0v) is 14.1. The Balaban J connectivity index is 1.63. The van der Waals surface area contributed by atoms with Gasteiger partial charge < -0.3 is 9.64 Å². The van der Waals surface area contributed by atoms with Crippen molar-refractivity contribution in [3.8, 4) is 5.69 Å². The molecule has 1 aliphatic heterocycles. The van der Waals surface area contributed by atoms with Crippen LogP contribution < -0.4 is 0 Å². The molecule has 1 aromatic heterocycles. The Morgan fingerprint density at radius 3 is 2.65 bits per heavy atom. The average Bonchev–Trinajstić information content (AvgIpc) is 3.01. The standard InChI is InChI=1S/C16H20N4O2S/c1-12-8-19(9-13(2)22-12)15(21)10-23-16-18-17-11-20(16)14-6-4-3-5-7-14/h3-7,11-13H,8-10H2,1-2H3. The molecule has 0 N–H and O–H groups in total. The molecular formula is C16H20N4O2S. The third kappa shape index (κ3) is 3.92. The lowest BCUT2D eigenvalue weighted by Crippen LogP contribution is -2.48. The molecule has 3 rings (SSSR count). The second kappa shape index (κ2) is 7.14. The summed E-state index contributed by atoms with van der Waals surface area (Å²) in [6, 6.07) is 9.86. The van der Waals surface area contributed by atoms with E-state index >= 15 is 0 Å². The van der Waals surface area contributed by atoms with Gasteiger partial charge >= 0.3 is 0 Å². The number of amides is 1. The fourth-order valence-electron chi connectivity index (χ4n) is 2.69. The van der Waals surface area contributed by atoms with Gasteiger partial charge in [-0.2, -0.15) is 0 Å². The predicted octanol–water partition coefficient (Wildman–Crippen LogP) is 2.00. The third-order valence-corrected chi connectivity index (χ3v) is 4.58. The molecule has 0 bridgehead atoms. The molecule has 7 heteroatoms. The van der Waals surface area contributed by atoms with Crippen molar-refractivity contribution in [3.63, 3.8) is 0 Å². The summed E-state index contributed by atoms with van der Waals surface area (Å²) < 4.78 is 7.56. The maximum atomic E-state index is 12.4. The van der Waals surface area contributed by atoms with Crippen LogP contribution in [0.15, 0.2) is 41.8 Å². The van der Waals surface area contributed by atoms with E-state index in [0.717, 1.165) is 10.8 Å². The Kier molecular flexibility index (Phi) is 4.97. The zero-order valence-electron chi connectivity index (χ0n) is 13.3. The van der Waals surface area contributed by atoms with Gasteiger partial charge in [-0.05, 0) is 26.0 Å². The van der Waals surface area contributed by atoms with Gasteiger partial charge in [0.25, 0.3) is 0 Å². The largest absolute Gasteiger partial charge is 0.372 e. The van der Waals surface area contributed by atoms with E-state index in [2.05, 4.69) is 10.2 Å². The van der Waals surface area contributed by atoms with Crippen molar-refractivity contribution in [3.05, 3.63) is 36.7 Å². The van der Waals surface area contributed by atoms with Crippen LogP contribution in [-0.2, 0) is 9.53 Å². The van der Waals surface area contributed by atoms with Crippen molar-refractivity contribution in [2.75, 3.05) is 18.8 Å². The molecule has 122 valence electrons. The van der Waals surface area contributed by atoms with E-state index in [1.54, 1.807) is 6.33 Å². The highest BCUT2D eigenvalue weighted by molar-refractivity contribution is 7.99. The normalized spacial score (nSPS) is 21.4. The van der Waals surface area contributed by atoms with Crippen molar-refractivity contribution in [1.29, 1.82) is 0 Å². The van der Waals surface area contributed by atoms with E-state index < -0.39 is 0 Å². The number of hydrogen-bond acceptors (Lipinski definition) is 5. The topological polar surface area (TPSA) is 60.2 Å². The first kappa shape index (κ1) is 16.0. The lowest BCUT2D eigenvalue weighted by Gasteiger charge is -2.35. The smallest absolute Gasteiger partial charge is 0.233 e. The molecular weight excluding hydrogens is 312 g/mol. The van der Waals surface area contributed by atoms with Crippen LogP contribution in [0.4, 0.5) is 0 Å². The Bertz CT molecular complexity index is 651. The summed E-state index contributed by atoms with van der Waals surface area (Å²) in [6.45, 7) is 5.29. The Morgan fingerprint density at radius 2 is 1.96 bits per heavy atom. The molecule has 2 atom stereocenters. The van der Waals surface area contributed by atoms with Crippen LogP contribution in [0.2, 0.25) is 0 Å². The Morgan fingerprint density at radius 1 is 1.26 bits per heavy atom. The number of carbonyl (C=O) groups is 1. The summed E-state index contributed by atoms with van der Waals surface area (Å²) in [7, 11) is 0. The van der Waals surface area contributed by atoms with Crippen LogP contribution in [0, 0.1) is 0 Å². The Hall–Kier alpha value is -1.86. The van der Waals surface area contributed by atoms with Gasteiger partial charge in [-0.25, -0.2) is 0 Å². The number of thioether (sulfide) groups is 1. The molecule has 1 saturated heterocycles. The van der Waals surface area contributed by atoms with E-state index in [0.29, 0.717) is 18.8 Å². The molecule has 1 fully saturated rings. The molecule has 0 aliphatic carbocycles. The number of benzene rings is 1. The summed E-state index contributed by atoms with van der Waals surface area (Å²) in [5.41, 5.74) is 0.987. The van der Waals surface area contributed by atoms with Gasteiger partial charge in [0.2, 0.25) is 5.91 Å². The first-order chi connectivity index (χ1) is 11.1. The van der Waals surface area contributed by atoms with Crippen molar-refractivity contribution in [2.24, 2.45) is 0 Å². The minimum atomic E-state index is 0.0840. The van der Waals surface area contributed by atoms with E-state index in [1.165, 1.54) is 11.8 Å². The number of carbonyl (C=O) groups excluding carboxylic acids is 1. The number of ether oxygens (including phenoxy) is 1. The lowest BCUT2D eigenvalue weighted by molar-refractivity contribution is -0.140. The van der Waals surface area contributed by atoms with Crippen LogP contribution >= 0.6 is 11.8 Å². The summed E-state index contributed by atoms with van der Waals surface area (Å²) in [6.07, 6.45) is 1.84. The highest BCUT2D eigenvalue weighted by atomic mass is 32.2. The maximum Gasteiger partial charge on any atom is 0.233 e. The fraction of sp³-hybridized carbons (Fsp3) is 0.438. The average molecular weight is 332 g/mol. The molecule has 0 radical (unpaired) electrons. The summed E-state index contributed by atoms with van der Waals surface area (Å²) in [5.74, 6) is 0.463. The molecule has 2 aromatic rings. The van der Waals surface area contributed by atoms with Gasteiger partial charge in [-0.15, -0.1) is 10.2 Å². The van der Waals surface area contributed by atoms with E-state index in [9.17, 15) is 4.79 Å². The van der Waals surface area contributed by atoms with Crippen LogP contribution in [0.1, 0.15) is 13.8 Å². The number of aromatic nitrogens is 3. The molecule has 0 saturated carbocycles. The highest BCUT2D eigenvalue weighted by Gasteiger charge is 2.26. The first-order valence-electron chi connectivity index (χ1n) is 7.65. The third-order valence-electron chi connectivity index (χ3n) is 3.65. The monoisotopic (exact) mass is 332 g/mol. The molecule has 6 nitrogen and oxygen atoms in total. The SMILES string of the molecule is CC1CN(C(=O)CSc2nncn2-c2ccccc2)CC(C)O1. The second-order valence-electron chi connectivity index (χ2n) is 5.66. The van der Waals surface area contributed by atoms with E-state index in [-0.39, 0.29) is 18.1 Å². The van der Waals surface area contributed by atoms with Crippen molar-refractivity contribution in [2.45, 2.75) is 31.2 Å². The van der Waals surface area contributed by atoms with Gasteiger partial charge in [-0.1, -0.05) is 30.0 Å². The Labute approximate surface area is 139 Å². The number of hydrogen-bond donors (Lipinski definition) is 0. The molecule has 2 heterocycles. The predicted molar refractivity (Wildman–Crippen MR) is 88.7 cm³/mol. The highest BCUT2D eigenvalue weighted by Crippen LogP contribution is 2.20. The molecule has 1 aliphatic rings. The van der Waals surface area contributed by atoms with E-state index in [1.807, 2.05) is 53.6 Å². The number of para-hydroxylation sites is 1. The van der Waals surface area contributed by atoms with Gasteiger partial charge in [0, 0.05) is 18.8 Å². The van der Waals surface area contributed by atoms with Crippen LogP contribution in [0.25, 0.3) is 5.69 Å². The molecule has 2 unspecified atom stereocenters. The van der Waals surface area contributed by atoms with Gasteiger partial charge in [0.1, 0.15) is 6.33 Å². The summed E-state index contributed by atoms with van der Waals surface area (Å²) >= 11 is 1.41. The van der Waals surface area contributed by atoms with Gasteiger partial charge in [0.05, 0.1) is 18.0 Å². The number of morpholine rings is 1. The minimum Gasteiger partial charge on any atom is -0.372 e. The van der Waals surface area contributed by atoms with Crippen LogP contribution in [-0.4, -0.2) is 56.6 Å². The fourth-order valence-corrected chi connectivity index (χ4v) is 3.52. The quantitative estimate of drug-likeness (QED) is 0.802.